The lowest BCUT2D eigenvalue weighted by Crippen LogP contribution is -2.47. The topological polar surface area (TPSA) is 93.1 Å². The minimum Gasteiger partial charge on any atom is -0.343 e. The number of halogens is 6. The van der Waals surface area contributed by atoms with Crippen molar-refractivity contribution in [3.63, 3.8) is 0 Å². The largest absolute Gasteiger partial charge is 0.407 e. The Morgan fingerprint density at radius 1 is 1.30 bits per heavy atom. The highest BCUT2D eigenvalue weighted by Gasteiger charge is 2.65. The van der Waals surface area contributed by atoms with Crippen molar-refractivity contribution in [2.24, 2.45) is 7.05 Å². The van der Waals surface area contributed by atoms with Gasteiger partial charge in [-0.25, -0.2) is 21.6 Å². The van der Waals surface area contributed by atoms with Crippen LogP contribution in [0.4, 0.5) is 32.0 Å². The van der Waals surface area contributed by atoms with E-state index in [2.05, 4.69) is 10.3 Å². The van der Waals surface area contributed by atoms with Crippen molar-refractivity contribution in [3.05, 3.63) is 41.7 Å². The van der Waals surface area contributed by atoms with Crippen LogP contribution in [0, 0.1) is 5.82 Å². The molecule has 0 saturated heterocycles. The number of carbonyl (C=O) groups is 1. The highest BCUT2D eigenvalue weighted by molar-refractivity contribution is 7.89. The Bertz CT molecular complexity index is 1090. The summed E-state index contributed by atoms with van der Waals surface area (Å²) in [6, 6.07) is 1.98. The second kappa shape index (κ2) is 7.27. The Morgan fingerprint density at radius 3 is 2.47 bits per heavy atom. The van der Waals surface area contributed by atoms with Gasteiger partial charge in [0.25, 0.3) is 12.3 Å². The minimum absolute atomic E-state index is 0.164. The molecule has 3 rings (SSSR count). The van der Waals surface area contributed by atoms with Crippen molar-refractivity contribution < 1.29 is 39.6 Å². The third-order valence-corrected chi connectivity index (χ3v) is 6.00. The molecular formula is C16H14F6N4O3S. The number of aryl methyl sites for hydroxylation is 1. The number of aromatic nitrogens is 2. The van der Waals surface area contributed by atoms with Crippen LogP contribution < -0.4 is 10.0 Å². The van der Waals surface area contributed by atoms with Crippen LogP contribution in [0.3, 0.4) is 0 Å². The number of nitrogens with zero attached hydrogens (tertiary/aromatic N) is 2. The highest BCUT2D eigenvalue weighted by atomic mass is 32.2. The van der Waals surface area contributed by atoms with Gasteiger partial charge in [-0.05, 0) is 25.0 Å². The average Bonchev–Trinajstić information content (AvgIpc) is 3.33. The maximum Gasteiger partial charge on any atom is 0.407 e. The van der Waals surface area contributed by atoms with E-state index >= 15 is 0 Å². The van der Waals surface area contributed by atoms with E-state index in [1.807, 2.05) is 0 Å². The zero-order valence-electron chi connectivity index (χ0n) is 15.1. The lowest BCUT2D eigenvalue weighted by Gasteiger charge is -2.20. The number of hydrogen-bond acceptors (Lipinski definition) is 4. The standard InChI is InChI=1S/C16H14F6N4O3S/c1-26-7-10(30(28,29)25-15(3-4-15)16(20,21)22)11(17)12(26)14(27)24-8-2-5-23-9(6-8)13(18)19/h2,5-7,13,25H,3-4H2,1H3,(H,23,24,27). The molecule has 0 aliphatic heterocycles. The smallest absolute Gasteiger partial charge is 0.343 e. The molecule has 7 nitrogen and oxygen atoms in total. The van der Waals surface area contributed by atoms with Gasteiger partial charge < -0.3 is 9.88 Å². The van der Waals surface area contributed by atoms with Crippen LogP contribution in [0.5, 0.6) is 0 Å². The predicted molar refractivity (Wildman–Crippen MR) is 90.9 cm³/mol. The number of pyridine rings is 1. The molecule has 0 spiro atoms. The molecular weight excluding hydrogens is 442 g/mol. The van der Waals surface area contributed by atoms with Crippen LogP contribution in [0.2, 0.25) is 0 Å². The van der Waals surface area contributed by atoms with Crippen LogP contribution in [0.25, 0.3) is 0 Å². The molecule has 0 aromatic carbocycles. The van der Waals surface area contributed by atoms with Crippen molar-refractivity contribution in [3.8, 4) is 0 Å². The number of sulfonamides is 1. The monoisotopic (exact) mass is 456 g/mol. The van der Waals surface area contributed by atoms with Crippen molar-refractivity contribution in [2.45, 2.75) is 35.9 Å². The molecule has 1 aliphatic carbocycles. The van der Waals surface area contributed by atoms with Gasteiger partial charge in [0.2, 0.25) is 10.0 Å². The Morgan fingerprint density at radius 2 is 1.93 bits per heavy atom. The number of anilines is 1. The molecule has 1 aliphatic rings. The molecule has 0 unspecified atom stereocenters. The summed E-state index contributed by atoms with van der Waals surface area (Å²) in [6.45, 7) is 0. The molecule has 30 heavy (non-hydrogen) atoms. The lowest BCUT2D eigenvalue weighted by molar-refractivity contribution is -0.160. The molecule has 2 aromatic heterocycles. The van der Waals surface area contributed by atoms with Crippen LogP contribution in [-0.2, 0) is 17.1 Å². The second-order valence-corrected chi connectivity index (χ2v) is 8.33. The molecule has 2 heterocycles. The summed E-state index contributed by atoms with van der Waals surface area (Å²) in [5, 5.41) is 2.12. The maximum atomic E-state index is 14.7. The van der Waals surface area contributed by atoms with Gasteiger partial charge in [-0.1, -0.05) is 0 Å². The normalized spacial score (nSPS) is 16.0. The van der Waals surface area contributed by atoms with E-state index in [-0.39, 0.29) is 5.69 Å². The Labute approximate surface area is 166 Å². The third kappa shape index (κ3) is 4.01. The van der Waals surface area contributed by atoms with Gasteiger partial charge in [-0.15, -0.1) is 0 Å². The van der Waals surface area contributed by atoms with E-state index in [1.165, 1.54) is 4.72 Å². The highest BCUT2D eigenvalue weighted by Crippen LogP contribution is 2.49. The first-order valence-electron chi connectivity index (χ1n) is 8.28. The van der Waals surface area contributed by atoms with Crippen LogP contribution >= 0.6 is 0 Å². The van der Waals surface area contributed by atoms with Gasteiger partial charge in [0.15, 0.2) is 5.82 Å². The van der Waals surface area contributed by atoms with Gasteiger partial charge in [-0.2, -0.15) is 17.9 Å². The Hall–Kier alpha value is -2.61. The van der Waals surface area contributed by atoms with Crippen molar-refractivity contribution in [1.29, 1.82) is 0 Å². The molecule has 1 saturated carbocycles. The Balaban J connectivity index is 1.88. The molecule has 1 fully saturated rings. The summed E-state index contributed by atoms with van der Waals surface area (Å²) in [5.74, 6) is -2.77. The summed E-state index contributed by atoms with van der Waals surface area (Å²) in [7, 11) is -3.85. The summed E-state index contributed by atoms with van der Waals surface area (Å²) in [4.78, 5) is 14.6. The number of nitrogens with one attached hydrogen (secondary N) is 2. The first-order chi connectivity index (χ1) is 13.8. The van der Waals surface area contributed by atoms with E-state index in [0.29, 0.717) is 6.20 Å². The first kappa shape index (κ1) is 22.1. The van der Waals surface area contributed by atoms with E-state index < -0.39 is 69.0 Å². The van der Waals surface area contributed by atoms with Gasteiger partial charge >= 0.3 is 6.18 Å². The fraction of sp³-hybridized carbons (Fsp3) is 0.375. The van der Waals surface area contributed by atoms with Crippen LogP contribution in [0.1, 0.15) is 35.4 Å². The second-order valence-electron chi connectivity index (χ2n) is 6.68. The lowest BCUT2D eigenvalue weighted by atomic mass is 10.3. The minimum atomic E-state index is -4.95. The van der Waals surface area contributed by atoms with Gasteiger partial charge in [0.05, 0.1) is 0 Å². The van der Waals surface area contributed by atoms with Gasteiger partial charge in [-0.3, -0.25) is 9.78 Å². The quantitative estimate of drug-likeness (QED) is 0.654. The summed E-state index contributed by atoms with van der Waals surface area (Å²) >= 11 is 0. The van der Waals surface area contributed by atoms with Crippen LogP contribution in [-0.4, -0.2) is 35.6 Å². The summed E-state index contributed by atoms with van der Waals surface area (Å²) in [6.07, 6.45) is -7.16. The van der Waals surface area contributed by atoms with E-state index in [4.69, 9.17) is 0 Å². The molecule has 14 heteroatoms. The molecule has 2 N–H and O–H groups in total. The molecule has 0 bridgehead atoms. The van der Waals surface area contributed by atoms with Crippen LogP contribution in [0.15, 0.2) is 29.4 Å². The fourth-order valence-electron chi connectivity index (χ4n) is 2.73. The number of rotatable bonds is 6. The zero-order chi connectivity index (χ0) is 22.5. The fourth-order valence-corrected chi connectivity index (χ4v) is 4.31. The van der Waals surface area contributed by atoms with Gasteiger partial charge in [0.1, 0.15) is 21.8 Å². The number of carbonyl (C=O) groups excluding carboxylic acids is 1. The van der Waals surface area contributed by atoms with E-state index in [1.54, 1.807) is 0 Å². The summed E-state index contributed by atoms with van der Waals surface area (Å²) < 4.78 is 106. The summed E-state index contributed by atoms with van der Waals surface area (Å²) in [5.41, 5.74) is -4.31. The molecule has 2 aromatic rings. The molecule has 0 radical (unpaired) electrons. The first-order valence-corrected chi connectivity index (χ1v) is 9.77. The van der Waals surface area contributed by atoms with E-state index in [9.17, 15) is 39.6 Å². The van der Waals surface area contributed by atoms with Gasteiger partial charge in [0, 0.05) is 25.1 Å². The SMILES string of the molecule is Cn1cc(S(=O)(=O)NC2(C(F)(F)F)CC2)c(F)c1C(=O)Nc1ccnc(C(F)F)c1. The third-order valence-electron chi connectivity index (χ3n) is 4.48. The van der Waals surface area contributed by atoms with Crippen molar-refractivity contribution in [2.75, 3.05) is 5.32 Å². The number of amides is 1. The number of hydrogen-bond donors (Lipinski definition) is 2. The molecule has 0 atom stereocenters. The molecule has 164 valence electrons. The maximum absolute atomic E-state index is 14.7. The van der Waals surface area contributed by atoms with Crippen molar-refractivity contribution >= 4 is 21.6 Å². The average molecular weight is 456 g/mol. The zero-order valence-corrected chi connectivity index (χ0v) is 15.9. The molecule has 1 amide bonds. The number of alkyl halides is 5. The predicted octanol–water partition coefficient (Wildman–Crippen LogP) is 3.12. The van der Waals surface area contributed by atoms with E-state index in [0.717, 1.165) is 29.9 Å². The Kier molecular flexibility index (Phi) is 5.35. The van der Waals surface area contributed by atoms with Crippen molar-refractivity contribution in [1.82, 2.24) is 14.3 Å².